The predicted molar refractivity (Wildman–Crippen MR) is 69.1 cm³/mol. The molecule has 0 bridgehead atoms. The summed E-state index contributed by atoms with van der Waals surface area (Å²) in [5.41, 5.74) is 2.79. The second kappa shape index (κ2) is 5.57. The van der Waals surface area contributed by atoms with Crippen LogP contribution in [-0.2, 0) is 6.54 Å². The van der Waals surface area contributed by atoms with Crippen LogP contribution in [0.1, 0.15) is 26.5 Å². The van der Waals surface area contributed by atoms with E-state index in [0.29, 0.717) is 12.1 Å². The van der Waals surface area contributed by atoms with Gasteiger partial charge < -0.3 is 10.0 Å². The number of thiazole rings is 1. The Labute approximate surface area is 113 Å². The summed E-state index contributed by atoms with van der Waals surface area (Å²) in [5, 5.41) is 10.6. The number of carboxylic acid groups (broad SMARTS) is 1. The lowest BCUT2D eigenvalue weighted by Crippen LogP contribution is -2.26. The number of amides is 1. The SMILES string of the molecule is CN(Cc1cscn1)C(=O)c1ccc(C(=O)O)nc1. The van der Waals surface area contributed by atoms with E-state index >= 15 is 0 Å². The molecule has 0 aliphatic carbocycles. The summed E-state index contributed by atoms with van der Waals surface area (Å²) in [5.74, 6) is -1.34. The maximum absolute atomic E-state index is 12.1. The zero-order chi connectivity index (χ0) is 13.8. The Bertz CT molecular complexity index is 581. The second-order valence-electron chi connectivity index (χ2n) is 3.88. The Morgan fingerprint density at radius 1 is 1.37 bits per heavy atom. The van der Waals surface area contributed by atoms with Gasteiger partial charge in [-0.15, -0.1) is 11.3 Å². The molecule has 0 radical (unpaired) electrons. The zero-order valence-corrected chi connectivity index (χ0v) is 10.9. The first-order chi connectivity index (χ1) is 9.08. The minimum atomic E-state index is -1.12. The minimum Gasteiger partial charge on any atom is -0.477 e. The summed E-state index contributed by atoms with van der Waals surface area (Å²) in [7, 11) is 1.66. The van der Waals surface area contributed by atoms with E-state index in [1.54, 1.807) is 12.6 Å². The van der Waals surface area contributed by atoms with Gasteiger partial charge in [-0.2, -0.15) is 0 Å². The molecule has 0 aliphatic heterocycles. The zero-order valence-electron chi connectivity index (χ0n) is 10.1. The first kappa shape index (κ1) is 13.2. The second-order valence-corrected chi connectivity index (χ2v) is 4.60. The lowest BCUT2D eigenvalue weighted by Gasteiger charge is -2.15. The van der Waals surface area contributed by atoms with Crippen LogP contribution in [-0.4, -0.2) is 38.9 Å². The van der Waals surface area contributed by atoms with Crippen molar-refractivity contribution >= 4 is 23.2 Å². The van der Waals surface area contributed by atoms with Gasteiger partial charge >= 0.3 is 5.97 Å². The highest BCUT2D eigenvalue weighted by atomic mass is 32.1. The number of rotatable bonds is 4. The van der Waals surface area contributed by atoms with E-state index in [-0.39, 0.29) is 11.6 Å². The number of hydrogen-bond donors (Lipinski definition) is 1. The highest BCUT2D eigenvalue weighted by Crippen LogP contribution is 2.08. The van der Waals surface area contributed by atoms with Gasteiger partial charge in [0, 0.05) is 18.6 Å². The normalized spacial score (nSPS) is 10.2. The van der Waals surface area contributed by atoms with Crippen LogP contribution in [0.5, 0.6) is 0 Å². The van der Waals surface area contributed by atoms with Gasteiger partial charge in [0.05, 0.1) is 23.3 Å². The fourth-order valence-electron chi connectivity index (χ4n) is 1.50. The third kappa shape index (κ3) is 3.14. The molecule has 0 saturated carbocycles. The molecule has 0 aromatic carbocycles. The number of carbonyl (C=O) groups is 2. The van der Waals surface area contributed by atoms with E-state index in [1.165, 1.54) is 34.6 Å². The van der Waals surface area contributed by atoms with Crippen LogP contribution in [0.2, 0.25) is 0 Å². The van der Waals surface area contributed by atoms with Crippen LogP contribution in [0.3, 0.4) is 0 Å². The molecule has 7 heteroatoms. The highest BCUT2D eigenvalue weighted by molar-refractivity contribution is 7.07. The Kier molecular flexibility index (Phi) is 3.86. The summed E-state index contributed by atoms with van der Waals surface area (Å²) in [6.45, 7) is 0.406. The van der Waals surface area contributed by atoms with Crippen molar-refractivity contribution < 1.29 is 14.7 Å². The van der Waals surface area contributed by atoms with Gasteiger partial charge in [-0.3, -0.25) is 4.79 Å². The van der Waals surface area contributed by atoms with Crippen LogP contribution < -0.4 is 0 Å². The minimum absolute atomic E-state index is 0.0845. The lowest BCUT2D eigenvalue weighted by atomic mass is 10.2. The third-order valence-corrected chi connectivity index (χ3v) is 3.09. The molecule has 98 valence electrons. The molecule has 0 fully saturated rings. The van der Waals surface area contributed by atoms with Crippen LogP contribution in [0.4, 0.5) is 0 Å². The van der Waals surface area contributed by atoms with Crippen LogP contribution in [0, 0.1) is 0 Å². The maximum Gasteiger partial charge on any atom is 0.354 e. The van der Waals surface area contributed by atoms with Gasteiger partial charge in [0.1, 0.15) is 5.69 Å². The molecule has 2 aromatic rings. The lowest BCUT2D eigenvalue weighted by molar-refractivity contribution is 0.0688. The molecule has 1 amide bonds. The molecule has 0 unspecified atom stereocenters. The summed E-state index contributed by atoms with van der Waals surface area (Å²) in [4.78, 5) is 32.1. The molecule has 19 heavy (non-hydrogen) atoms. The number of carbonyl (C=O) groups excluding carboxylic acids is 1. The van der Waals surface area contributed by atoms with E-state index in [9.17, 15) is 9.59 Å². The highest BCUT2D eigenvalue weighted by Gasteiger charge is 2.14. The van der Waals surface area contributed by atoms with Gasteiger partial charge in [-0.25, -0.2) is 14.8 Å². The number of aromatic carboxylic acids is 1. The molecule has 0 atom stereocenters. The van der Waals surface area contributed by atoms with Crippen molar-refractivity contribution in [3.63, 3.8) is 0 Å². The number of carboxylic acids is 1. The van der Waals surface area contributed by atoms with E-state index in [1.807, 2.05) is 5.38 Å². The van der Waals surface area contributed by atoms with Crippen molar-refractivity contribution in [2.75, 3.05) is 7.05 Å². The average molecular weight is 277 g/mol. The van der Waals surface area contributed by atoms with E-state index < -0.39 is 5.97 Å². The first-order valence-corrected chi connectivity index (χ1v) is 6.34. The molecule has 1 N–H and O–H groups in total. The Morgan fingerprint density at radius 2 is 2.16 bits per heavy atom. The third-order valence-electron chi connectivity index (χ3n) is 2.46. The largest absolute Gasteiger partial charge is 0.477 e. The summed E-state index contributed by atoms with van der Waals surface area (Å²) in [6, 6.07) is 2.77. The first-order valence-electron chi connectivity index (χ1n) is 5.40. The maximum atomic E-state index is 12.1. The molecular formula is C12H11N3O3S. The summed E-state index contributed by atoms with van der Waals surface area (Å²) < 4.78 is 0. The summed E-state index contributed by atoms with van der Waals surface area (Å²) in [6.07, 6.45) is 1.27. The van der Waals surface area contributed by atoms with Gasteiger partial charge in [-0.1, -0.05) is 0 Å². The quantitative estimate of drug-likeness (QED) is 0.915. The fraction of sp³-hybridized carbons (Fsp3) is 0.167. The molecule has 2 heterocycles. The van der Waals surface area contributed by atoms with E-state index in [4.69, 9.17) is 5.11 Å². The molecule has 2 aromatic heterocycles. The van der Waals surface area contributed by atoms with E-state index in [0.717, 1.165) is 5.69 Å². The van der Waals surface area contributed by atoms with Crippen molar-refractivity contribution in [2.24, 2.45) is 0 Å². The van der Waals surface area contributed by atoms with E-state index in [2.05, 4.69) is 9.97 Å². The number of aromatic nitrogens is 2. The molecule has 2 rings (SSSR count). The standard InChI is InChI=1S/C12H11N3O3S/c1-15(5-9-6-19-7-14-9)11(16)8-2-3-10(12(17)18)13-4-8/h2-4,6-7H,5H2,1H3,(H,17,18). The van der Waals surface area contributed by atoms with Crippen LogP contribution in [0.15, 0.2) is 29.2 Å². The molecule has 0 aliphatic rings. The topological polar surface area (TPSA) is 83.4 Å². The monoisotopic (exact) mass is 277 g/mol. The molecule has 6 nitrogen and oxygen atoms in total. The fourth-order valence-corrected chi connectivity index (χ4v) is 2.05. The van der Waals surface area contributed by atoms with Crippen LogP contribution in [0.25, 0.3) is 0 Å². The van der Waals surface area contributed by atoms with Gasteiger partial charge in [0.25, 0.3) is 5.91 Å². The van der Waals surface area contributed by atoms with Gasteiger partial charge in [0.2, 0.25) is 0 Å². The van der Waals surface area contributed by atoms with Crippen molar-refractivity contribution in [1.29, 1.82) is 0 Å². The molecule has 0 spiro atoms. The van der Waals surface area contributed by atoms with Gasteiger partial charge in [0.15, 0.2) is 0 Å². The Balaban J connectivity index is 2.08. The predicted octanol–water partition coefficient (Wildman–Crippen LogP) is 1.51. The number of pyridine rings is 1. The van der Waals surface area contributed by atoms with Crippen molar-refractivity contribution in [1.82, 2.24) is 14.9 Å². The molecular weight excluding hydrogens is 266 g/mol. The van der Waals surface area contributed by atoms with Crippen molar-refractivity contribution in [3.05, 3.63) is 46.2 Å². The molecule has 0 saturated heterocycles. The Hall–Kier alpha value is -2.28. The number of hydrogen-bond acceptors (Lipinski definition) is 5. The van der Waals surface area contributed by atoms with Crippen molar-refractivity contribution in [2.45, 2.75) is 6.54 Å². The Morgan fingerprint density at radius 3 is 2.68 bits per heavy atom. The van der Waals surface area contributed by atoms with Gasteiger partial charge in [-0.05, 0) is 12.1 Å². The summed E-state index contributed by atoms with van der Waals surface area (Å²) >= 11 is 1.47. The average Bonchev–Trinajstić information content (AvgIpc) is 2.90. The smallest absolute Gasteiger partial charge is 0.354 e. The van der Waals surface area contributed by atoms with Crippen LogP contribution >= 0.6 is 11.3 Å². The van der Waals surface area contributed by atoms with Crippen molar-refractivity contribution in [3.8, 4) is 0 Å². The number of nitrogens with zero attached hydrogens (tertiary/aromatic N) is 3.